The molecule has 1 aromatic rings. The minimum absolute atomic E-state index is 0. The molecular weight excluding hydrogens is 321 g/mol. The van der Waals surface area contributed by atoms with Gasteiger partial charge in [-0.1, -0.05) is 18.2 Å². The van der Waals surface area contributed by atoms with Crippen molar-refractivity contribution in [3.05, 3.63) is 42.5 Å². The predicted octanol–water partition coefficient (Wildman–Crippen LogP) is 3.85. The summed E-state index contributed by atoms with van der Waals surface area (Å²) in [5.74, 6) is 0. The number of benzene rings is 1. The normalized spacial score (nSPS) is 17.9. The molecule has 0 aliphatic carbocycles. The predicted molar refractivity (Wildman–Crippen MR) is 83.0 cm³/mol. The zero-order valence-electron chi connectivity index (χ0n) is 11.4. The minimum atomic E-state index is -4.24. The van der Waals surface area contributed by atoms with Crippen LogP contribution in [0, 0.1) is 0 Å². The number of nitrogens with one attached hydrogen (secondary N) is 1. The first-order chi connectivity index (χ1) is 9.49. The molecule has 1 fully saturated rings. The van der Waals surface area contributed by atoms with E-state index in [0.717, 1.165) is 31.7 Å². The molecule has 21 heavy (non-hydrogen) atoms. The van der Waals surface area contributed by atoms with Gasteiger partial charge in [0.05, 0.1) is 6.04 Å². The van der Waals surface area contributed by atoms with E-state index in [1.165, 1.54) is 12.1 Å². The van der Waals surface area contributed by atoms with Crippen LogP contribution in [0.4, 0.5) is 13.2 Å². The second-order valence-electron chi connectivity index (χ2n) is 4.58. The van der Waals surface area contributed by atoms with E-state index in [-0.39, 0.29) is 35.1 Å². The molecule has 2 rings (SSSR count). The van der Waals surface area contributed by atoms with Crippen molar-refractivity contribution in [3.63, 3.8) is 0 Å². The number of hydrogen-bond donors (Lipinski definition) is 1. The molecule has 0 saturated carbocycles. The van der Waals surface area contributed by atoms with Crippen molar-refractivity contribution in [1.82, 2.24) is 10.2 Å². The quantitative estimate of drug-likeness (QED) is 0.663. The van der Waals surface area contributed by atoms with Crippen LogP contribution in [0.1, 0.15) is 11.6 Å². The lowest BCUT2D eigenvalue weighted by Gasteiger charge is -2.33. The van der Waals surface area contributed by atoms with Crippen molar-refractivity contribution in [1.29, 1.82) is 0 Å². The average Bonchev–Trinajstić information content (AvgIpc) is 2.41. The number of halogens is 4. The second-order valence-corrected chi connectivity index (χ2v) is 5.72. The maximum Gasteiger partial charge on any atom is 0.446 e. The molecular formula is C14H18ClF3N2S. The van der Waals surface area contributed by atoms with Gasteiger partial charge in [0.2, 0.25) is 0 Å². The number of alkyl halides is 3. The Morgan fingerprint density at radius 1 is 1.19 bits per heavy atom. The van der Waals surface area contributed by atoms with Crippen molar-refractivity contribution >= 4 is 24.2 Å². The fourth-order valence-corrected chi connectivity index (χ4v) is 2.86. The van der Waals surface area contributed by atoms with Gasteiger partial charge in [0.15, 0.2) is 0 Å². The zero-order chi connectivity index (χ0) is 14.6. The molecule has 2 nitrogen and oxygen atoms in total. The summed E-state index contributed by atoms with van der Waals surface area (Å²) < 4.78 is 36.9. The summed E-state index contributed by atoms with van der Waals surface area (Å²) in [5.41, 5.74) is -3.26. The van der Waals surface area contributed by atoms with Crippen LogP contribution in [0.5, 0.6) is 0 Å². The Bertz CT molecular complexity index is 445. The van der Waals surface area contributed by atoms with E-state index in [1.807, 2.05) is 6.08 Å². The van der Waals surface area contributed by atoms with Gasteiger partial charge in [-0.3, -0.25) is 4.90 Å². The third kappa shape index (κ3) is 5.54. The van der Waals surface area contributed by atoms with Gasteiger partial charge < -0.3 is 5.32 Å². The Labute approximate surface area is 133 Å². The first-order valence-corrected chi connectivity index (χ1v) is 7.24. The molecule has 0 bridgehead atoms. The number of thioether (sulfide) groups is 1. The number of hydrogen-bond acceptors (Lipinski definition) is 3. The molecule has 7 heteroatoms. The molecule has 1 aliphatic rings. The monoisotopic (exact) mass is 338 g/mol. The summed E-state index contributed by atoms with van der Waals surface area (Å²) in [6, 6.07) is 6.60. The van der Waals surface area contributed by atoms with Crippen LogP contribution in [0.2, 0.25) is 0 Å². The molecule has 0 unspecified atom stereocenters. The summed E-state index contributed by atoms with van der Waals surface area (Å²) in [7, 11) is 0. The molecule has 0 amide bonds. The van der Waals surface area contributed by atoms with Gasteiger partial charge in [-0.15, -0.1) is 19.0 Å². The molecule has 1 aromatic carbocycles. The van der Waals surface area contributed by atoms with E-state index >= 15 is 0 Å². The molecule has 0 radical (unpaired) electrons. The highest BCUT2D eigenvalue weighted by Crippen LogP contribution is 2.37. The number of rotatable bonds is 4. The summed E-state index contributed by atoms with van der Waals surface area (Å²) in [5, 5.41) is 3.28. The van der Waals surface area contributed by atoms with Crippen LogP contribution in [0.3, 0.4) is 0 Å². The van der Waals surface area contributed by atoms with E-state index in [4.69, 9.17) is 0 Å². The molecule has 1 aliphatic heterocycles. The van der Waals surface area contributed by atoms with Crippen LogP contribution in [0.15, 0.2) is 41.8 Å². The highest BCUT2D eigenvalue weighted by atomic mass is 35.5. The van der Waals surface area contributed by atoms with Crippen molar-refractivity contribution in [2.75, 3.05) is 26.2 Å². The second kappa shape index (κ2) is 8.08. The van der Waals surface area contributed by atoms with Crippen LogP contribution in [0.25, 0.3) is 0 Å². The standard InChI is InChI=1S/C14H17F3N2S.ClH/c1-2-13(19-9-7-18-8-10-19)11-3-5-12(6-4-11)20-14(15,16)17;/h2-6,13,18H,1,7-10H2;1H/t13-;/m0./s1. The summed E-state index contributed by atoms with van der Waals surface area (Å²) in [4.78, 5) is 2.49. The lowest BCUT2D eigenvalue weighted by Crippen LogP contribution is -2.44. The SMILES string of the molecule is C=C[C@@H](c1ccc(SC(F)(F)F)cc1)N1CCNCC1.Cl. The molecule has 1 N–H and O–H groups in total. The molecule has 1 saturated heterocycles. The van der Waals surface area contributed by atoms with Crippen LogP contribution in [-0.4, -0.2) is 36.6 Å². The summed E-state index contributed by atoms with van der Waals surface area (Å²) in [6.45, 7) is 7.52. The molecule has 1 heterocycles. The third-order valence-electron chi connectivity index (χ3n) is 3.22. The van der Waals surface area contributed by atoms with E-state index in [2.05, 4.69) is 16.8 Å². The van der Waals surface area contributed by atoms with Crippen molar-refractivity contribution in [2.24, 2.45) is 0 Å². The van der Waals surface area contributed by atoms with Crippen molar-refractivity contribution in [3.8, 4) is 0 Å². The first kappa shape index (κ1) is 18.4. The van der Waals surface area contributed by atoms with E-state index in [0.29, 0.717) is 0 Å². The maximum absolute atomic E-state index is 12.3. The van der Waals surface area contributed by atoms with Crippen LogP contribution >= 0.6 is 24.2 Å². The third-order valence-corrected chi connectivity index (χ3v) is 3.96. The smallest absolute Gasteiger partial charge is 0.314 e. The van der Waals surface area contributed by atoms with E-state index in [1.54, 1.807) is 12.1 Å². The molecule has 0 spiro atoms. The van der Waals surface area contributed by atoms with Gasteiger partial charge in [0.1, 0.15) is 0 Å². The van der Waals surface area contributed by atoms with Gasteiger partial charge in [-0.05, 0) is 29.5 Å². The fraction of sp³-hybridized carbons (Fsp3) is 0.429. The Balaban J connectivity index is 0.00000220. The van der Waals surface area contributed by atoms with Gasteiger partial charge in [-0.2, -0.15) is 13.2 Å². The lowest BCUT2D eigenvalue weighted by molar-refractivity contribution is -0.0328. The summed E-state index contributed by atoms with van der Waals surface area (Å²) >= 11 is -0.0851. The minimum Gasteiger partial charge on any atom is -0.314 e. The molecule has 1 atom stereocenters. The Morgan fingerprint density at radius 2 is 1.76 bits per heavy atom. The fourth-order valence-electron chi connectivity index (χ4n) is 2.32. The Kier molecular flexibility index (Phi) is 7.06. The van der Waals surface area contributed by atoms with Gasteiger partial charge in [-0.25, -0.2) is 0 Å². The Morgan fingerprint density at radius 3 is 2.24 bits per heavy atom. The van der Waals surface area contributed by atoms with Gasteiger partial charge in [0, 0.05) is 31.1 Å². The Hall–Kier alpha value is -0.690. The van der Waals surface area contributed by atoms with Crippen LogP contribution < -0.4 is 5.32 Å². The largest absolute Gasteiger partial charge is 0.446 e. The van der Waals surface area contributed by atoms with Crippen molar-refractivity contribution in [2.45, 2.75) is 16.4 Å². The molecule has 118 valence electrons. The summed E-state index contributed by atoms with van der Waals surface area (Å²) in [6.07, 6.45) is 1.84. The lowest BCUT2D eigenvalue weighted by atomic mass is 10.0. The molecule has 0 aromatic heterocycles. The topological polar surface area (TPSA) is 15.3 Å². The highest BCUT2D eigenvalue weighted by Gasteiger charge is 2.29. The first-order valence-electron chi connectivity index (χ1n) is 6.42. The average molecular weight is 339 g/mol. The zero-order valence-corrected chi connectivity index (χ0v) is 13.0. The van der Waals surface area contributed by atoms with Gasteiger partial charge >= 0.3 is 5.51 Å². The number of nitrogens with zero attached hydrogens (tertiary/aromatic N) is 1. The van der Waals surface area contributed by atoms with Gasteiger partial charge in [0.25, 0.3) is 0 Å². The maximum atomic E-state index is 12.3. The van der Waals surface area contributed by atoms with Crippen LogP contribution in [-0.2, 0) is 0 Å². The van der Waals surface area contributed by atoms with E-state index in [9.17, 15) is 13.2 Å². The van der Waals surface area contributed by atoms with Crippen molar-refractivity contribution < 1.29 is 13.2 Å². The number of piperazine rings is 1. The van der Waals surface area contributed by atoms with E-state index < -0.39 is 5.51 Å². The highest BCUT2D eigenvalue weighted by molar-refractivity contribution is 8.00.